The molecule has 21 heavy (non-hydrogen) atoms. The van der Waals surface area contributed by atoms with Gasteiger partial charge in [0, 0.05) is 18.7 Å². The standard InChI is InChI=1S/C14H18N4O3/c1-3-5-12-13(15)14(19)17(16(12)4-2)10-6-8-11(9-7-10)18(20)21/h6-9H,3-5,15H2,1-2H3. The predicted molar refractivity (Wildman–Crippen MR) is 80.8 cm³/mol. The van der Waals surface area contributed by atoms with Crippen molar-refractivity contribution >= 4 is 11.4 Å². The van der Waals surface area contributed by atoms with Crippen molar-refractivity contribution in [3.63, 3.8) is 0 Å². The van der Waals surface area contributed by atoms with Crippen LogP contribution in [0.4, 0.5) is 11.4 Å². The Morgan fingerprint density at radius 2 is 1.86 bits per heavy atom. The topological polar surface area (TPSA) is 96.1 Å². The van der Waals surface area contributed by atoms with Crippen LogP contribution in [0.5, 0.6) is 0 Å². The van der Waals surface area contributed by atoms with Crippen molar-refractivity contribution in [1.29, 1.82) is 0 Å². The first-order valence-electron chi connectivity index (χ1n) is 6.86. The van der Waals surface area contributed by atoms with Crippen LogP contribution in [0.1, 0.15) is 26.0 Å². The van der Waals surface area contributed by atoms with E-state index in [4.69, 9.17) is 5.73 Å². The quantitative estimate of drug-likeness (QED) is 0.673. The number of nitrogen functional groups attached to an aromatic ring is 1. The number of rotatable bonds is 5. The lowest BCUT2D eigenvalue weighted by atomic mass is 10.2. The van der Waals surface area contributed by atoms with Gasteiger partial charge in [-0.3, -0.25) is 19.6 Å². The van der Waals surface area contributed by atoms with Crippen LogP contribution >= 0.6 is 0 Å². The van der Waals surface area contributed by atoms with Crippen LogP contribution in [-0.2, 0) is 13.0 Å². The zero-order chi connectivity index (χ0) is 15.6. The van der Waals surface area contributed by atoms with Crippen molar-refractivity contribution < 1.29 is 4.92 Å². The van der Waals surface area contributed by atoms with E-state index in [9.17, 15) is 14.9 Å². The van der Waals surface area contributed by atoms with E-state index in [1.807, 2.05) is 18.5 Å². The number of nitrogens with zero attached hydrogens (tertiary/aromatic N) is 3. The molecule has 0 bridgehead atoms. The number of aromatic nitrogens is 2. The molecule has 7 heteroatoms. The minimum absolute atomic E-state index is 0.0110. The molecule has 1 aromatic heterocycles. The van der Waals surface area contributed by atoms with Gasteiger partial charge in [0.1, 0.15) is 5.69 Å². The van der Waals surface area contributed by atoms with Crippen molar-refractivity contribution in [3.05, 3.63) is 50.4 Å². The number of hydrogen-bond donors (Lipinski definition) is 1. The Hall–Kier alpha value is -2.57. The first-order valence-corrected chi connectivity index (χ1v) is 6.86. The van der Waals surface area contributed by atoms with Crippen LogP contribution in [0, 0.1) is 10.1 Å². The Kier molecular flexibility index (Phi) is 4.11. The van der Waals surface area contributed by atoms with Gasteiger partial charge in [-0.25, -0.2) is 4.68 Å². The molecular formula is C14H18N4O3. The number of hydrogen-bond acceptors (Lipinski definition) is 4. The summed E-state index contributed by atoms with van der Waals surface area (Å²) in [5.41, 5.74) is 7.25. The van der Waals surface area contributed by atoms with E-state index in [0.29, 0.717) is 12.2 Å². The van der Waals surface area contributed by atoms with Crippen LogP contribution in [0.3, 0.4) is 0 Å². The smallest absolute Gasteiger partial charge is 0.294 e. The molecule has 0 amide bonds. The van der Waals surface area contributed by atoms with Gasteiger partial charge < -0.3 is 5.73 Å². The highest BCUT2D eigenvalue weighted by Gasteiger charge is 2.17. The monoisotopic (exact) mass is 290 g/mol. The highest BCUT2D eigenvalue weighted by molar-refractivity contribution is 5.47. The van der Waals surface area contributed by atoms with Crippen LogP contribution in [0.2, 0.25) is 0 Å². The fraction of sp³-hybridized carbons (Fsp3) is 0.357. The average molecular weight is 290 g/mol. The molecule has 2 aromatic rings. The Balaban J connectivity index is 2.60. The van der Waals surface area contributed by atoms with E-state index in [-0.39, 0.29) is 16.9 Å². The third-order valence-electron chi connectivity index (χ3n) is 3.38. The second kappa shape index (κ2) is 5.82. The molecule has 1 aromatic carbocycles. The van der Waals surface area contributed by atoms with Crippen molar-refractivity contribution in [2.45, 2.75) is 33.2 Å². The summed E-state index contributed by atoms with van der Waals surface area (Å²) in [6, 6.07) is 5.87. The Bertz CT molecular complexity index is 713. The number of nitro benzene ring substituents is 1. The number of benzene rings is 1. The summed E-state index contributed by atoms with van der Waals surface area (Å²) >= 11 is 0. The van der Waals surface area contributed by atoms with Gasteiger partial charge in [0.05, 0.1) is 16.3 Å². The maximum Gasteiger partial charge on any atom is 0.294 e. The predicted octanol–water partition coefficient (Wildman–Crippen LogP) is 2.10. The van der Waals surface area contributed by atoms with Gasteiger partial charge in [-0.2, -0.15) is 0 Å². The molecule has 0 aliphatic carbocycles. The fourth-order valence-electron chi connectivity index (χ4n) is 2.41. The number of anilines is 1. The Morgan fingerprint density at radius 3 is 2.33 bits per heavy atom. The molecule has 1 heterocycles. The number of nitrogens with two attached hydrogens (primary N) is 1. The van der Waals surface area contributed by atoms with Crippen molar-refractivity contribution in [2.24, 2.45) is 0 Å². The summed E-state index contributed by atoms with van der Waals surface area (Å²) in [5, 5.41) is 10.7. The van der Waals surface area contributed by atoms with E-state index >= 15 is 0 Å². The third kappa shape index (κ3) is 2.54. The molecule has 0 saturated carbocycles. The van der Waals surface area contributed by atoms with Crippen LogP contribution in [-0.4, -0.2) is 14.3 Å². The van der Waals surface area contributed by atoms with Gasteiger partial charge in [0.15, 0.2) is 0 Å². The average Bonchev–Trinajstić information content (AvgIpc) is 2.72. The van der Waals surface area contributed by atoms with Crippen LogP contribution < -0.4 is 11.3 Å². The lowest BCUT2D eigenvalue weighted by molar-refractivity contribution is -0.384. The molecule has 0 radical (unpaired) electrons. The molecule has 0 aliphatic heterocycles. The van der Waals surface area contributed by atoms with E-state index in [0.717, 1.165) is 18.5 Å². The largest absolute Gasteiger partial charge is 0.393 e. The molecule has 112 valence electrons. The second-order valence-electron chi connectivity index (χ2n) is 4.72. The Morgan fingerprint density at radius 1 is 1.24 bits per heavy atom. The molecule has 0 fully saturated rings. The molecule has 0 spiro atoms. The molecule has 0 atom stereocenters. The SMILES string of the molecule is CCCc1c(N)c(=O)n(-c2ccc([N+](=O)[O-])cc2)n1CC. The maximum absolute atomic E-state index is 12.3. The van der Waals surface area contributed by atoms with E-state index < -0.39 is 4.92 Å². The summed E-state index contributed by atoms with van der Waals surface area (Å²) in [6.45, 7) is 4.55. The first kappa shape index (κ1) is 14.8. The molecular weight excluding hydrogens is 272 g/mol. The van der Waals surface area contributed by atoms with Crippen LogP contribution in [0.15, 0.2) is 29.1 Å². The molecule has 2 N–H and O–H groups in total. The summed E-state index contributed by atoms with van der Waals surface area (Å²) in [5.74, 6) is 0. The molecule has 0 saturated heterocycles. The summed E-state index contributed by atoms with van der Waals surface area (Å²) in [7, 11) is 0. The number of non-ortho nitro benzene ring substituents is 1. The van der Waals surface area contributed by atoms with Crippen molar-refractivity contribution in [2.75, 3.05) is 5.73 Å². The zero-order valence-corrected chi connectivity index (χ0v) is 12.1. The molecule has 2 rings (SSSR count). The minimum atomic E-state index is -0.470. The van der Waals surface area contributed by atoms with E-state index in [1.165, 1.54) is 16.8 Å². The van der Waals surface area contributed by atoms with Gasteiger partial charge in [-0.1, -0.05) is 13.3 Å². The van der Waals surface area contributed by atoms with E-state index in [2.05, 4.69) is 0 Å². The fourth-order valence-corrected chi connectivity index (χ4v) is 2.41. The van der Waals surface area contributed by atoms with Gasteiger partial charge >= 0.3 is 0 Å². The van der Waals surface area contributed by atoms with Gasteiger partial charge in [-0.15, -0.1) is 0 Å². The second-order valence-corrected chi connectivity index (χ2v) is 4.72. The first-order chi connectivity index (χ1) is 10.0. The highest BCUT2D eigenvalue weighted by atomic mass is 16.6. The maximum atomic E-state index is 12.3. The van der Waals surface area contributed by atoms with E-state index in [1.54, 1.807) is 12.1 Å². The van der Waals surface area contributed by atoms with Crippen molar-refractivity contribution in [3.8, 4) is 5.69 Å². The molecule has 7 nitrogen and oxygen atoms in total. The lowest BCUT2D eigenvalue weighted by Crippen LogP contribution is -2.22. The van der Waals surface area contributed by atoms with Crippen LogP contribution in [0.25, 0.3) is 5.69 Å². The summed E-state index contributed by atoms with van der Waals surface area (Å²) in [6.07, 6.45) is 1.60. The lowest BCUT2D eigenvalue weighted by Gasteiger charge is -2.12. The molecule has 0 unspecified atom stereocenters. The zero-order valence-electron chi connectivity index (χ0n) is 12.1. The van der Waals surface area contributed by atoms with Gasteiger partial charge in [0.2, 0.25) is 0 Å². The molecule has 0 aliphatic rings. The highest BCUT2D eigenvalue weighted by Crippen LogP contribution is 2.18. The normalized spacial score (nSPS) is 10.8. The summed E-state index contributed by atoms with van der Waals surface area (Å²) in [4.78, 5) is 22.6. The third-order valence-corrected chi connectivity index (χ3v) is 3.38. The number of nitro groups is 1. The Labute approximate surface area is 121 Å². The van der Waals surface area contributed by atoms with Gasteiger partial charge in [-0.05, 0) is 25.5 Å². The van der Waals surface area contributed by atoms with Crippen molar-refractivity contribution in [1.82, 2.24) is 9.36 Å². The summed E-state index contributed by atoms with van der Waals surface area (Å²) < 4.78 is 3.30. The van der Waals surface area contributed by atoms with Gasteiger partial charge in [0.25, 0.3) is 11.2 Å². The minimum Gasteiger partial charge on any atom is -0.393 e.